The van der Waals surface area contributed by atoms with Crippen molar-refractivity contribution in [1.29, 1.82) is 0 Å². The molecular formula is C16H16FNO2. The second kappa shape index (κ2) is 5.74. The quantitative estimate of drug-likeness (QED) is 0.927. The number of nitrogens with zero attached hydrogens (tertiary/aromatic N) is 1. The third-order valence-corrected chi connectivity index (χ3v) is 3.21. The Balaban J connectivity index is 2.24. The normalized spacial score (nSPS) is 10.3. The van der Waals surface area contributed by atoms with Gasteiger partial charge in [-0.2, -0.15) is 0 Å². The Morgan fingerprint density at radius 2 is 1.95 bits per heavy atom. The lowest BCUT2D eigenvalue weighted by Crippen LogP contribution is -2.17. The van der Waals surface area contributed by atoms with Crippen LogP contribution in [0, 0.1) is 12.7 Å². The number of aromatic carboxylic acids is 1. The Kier molecular flexibility index (Phi) is 4.03. The van der Waals surface area contributed by atoms with Crippen molar-refractivity contribution in [3.63, 3.8) is 0 Å². The standard InChI is InChI=1S/C16H16FNO2/c1-11-5-3-4-6-15(11)18(2)10-12-7-8-14(17)13(9-12)16(19)20/h3-9H,10H2,1-2H3,(H,19,20). The number of aryl methyl sites for hydroxylation is 1. The van der Waals surface area contributed by atoms with Crippen LogP contribution in [0.25, 0.3) is 0 Å². The minimum absolute atomic E-state index is 0.291. The Hall–Kier alpha value is -2.36. The first-order valence-electron chi connectivity index (χ1n) is 6.27. The summed E-state index contributed by atoms with van der Waals surface area (Å²) in [5.74, 6) is -1.96. The molecule has 0 saturated heterocycles. The number of hydrogen-bond acceptors (Lipinski definition) is 2. The first-order valence-corrected chi connectivity index (χ1v) is 6.27. The van der Waals surface area contributed by atoms with E-state index in [0.717, 1.165) is 16.8 Å². The minimum Gasteiger partial charge on any atom is -0.478 e. The number of rotatable bonds is 4. The van der Waals surface area contributed by atoms with Crippen molar-refractivity contribution < 1.29 is 14.3 Å². The summed E-state index contributed by atoms with van der Waals surface area (Å²) in [6, 6.07) is 12.1. The van der Waals surface area contributed by atoms with Crippen LogP contribution in [0.5, 0.6) is 0 Å². The summed E-state index contributed by atoms with van der Waals surface area (Å²) in [5.41, 5.74) is 2.67. The highest BCUT2D eigenvalue weighted by atomic mass is 19.1. The average Bonchev–Trinajstić information content (AvgIpc) is 2.41. The van der Waals surface area contributed by atoms with Crippen LogP contribution < -0.4 is 4.90 Å². The number of carboxylic acids is 1. The van der Waals surface area contributed by atoms with Crippen molar-refractivity contribution in [3.05, 3.63) is 65.0 Å². The number of benzene rings is 2. The van der Waals surface area contributed by atoms with Crippen LogP contribution in [0.4, 0.5) is 10.1 Å². The smallest absolute Gasteiger partial charge is 0.338 e. The lowest BCUT2D eigenvalue weighted by molar-refractivity contribution is 0.0691. The molecule has 2 aromatic carbocycles. The molecule has 0 aliphatic heterocycles. The van der Waals surface area contributed by atoms with Crippen molar-refractivity contribution in [2.75, 3.05) is 11.9 Å². The third-order valence-electron chi connectivity index (χ3n) is 3.21. The largest absolute Gasteiger partial charge is 0.478 e. The lowest BCUT2D eigenvalue weighted by Gasteiger charge is -2.21. The summed E-state index contributed by atoms with van der Waals surface area (Å²) in [6.07, 6.45) is 0. The summed E-state index contributed by atoms with van der Waals surface area (Å²) in [5, 5.41) is 8.93. The number of hydrogen-bond donors (Lipinski definition) is 1. The van der Waals surface area contributed by atoms with E-state index in [0.29, 0.717) is 6.54 Å². The highest BCUT2D eigenvalue weighted by molar-refractivity contribution is 5.88. The molecule has 0 heterocycles. The maximum atomic E-state index is 13.4. The number of carbonyl (C=O) groups is 1. The molecule has 0 aliphatic rings. The third kappa shape index (κ3) is 2.96. The van der Waals surface area contributed by atoms with Crippen LogP contribution in [0.1, 0.15) is 21.5 Å². The molecule has 0 unspecified atom stereocenters. The Morgan fingerprint density at radius 3 is 2.60 bits per heavy atom. The number of anilines is 1. The lowest BCUT2D eigenvalue weighted by atomic mass is 10.1. The van der Waals surface area contributed by atoms with Crippen molar-refractivity contribution in [2.24, 2.45) is 0 Å². The Bertz CT molecular complexity index is 640. The molecule has 20 heavy (non-hydrogen) atoms. The number of para-hydroxylation sites is 1. The zero-order valence-electron chi connectivity index (χ0n) is 11.4. The van der Waals surface area contributed by atoms with Gasteiger partial charge in [0, 0.05) is 19.3 Å². The van der Waals surface area contributed by atoms with Gasteiger partial charge < -0.3 is 10.0 Å². The van der Waals surface area contributed by atoms with E-state index in [1.807, 2.05) is 43.1 Å². The zero-order chi connectivity index (χ0) is 14.7. The van der Waals surface area contributed by atoms with Crippen LogP contribution in [0.2, 0.25) is 0 Å². The Labute approximate surface area is 117 Å². The molecule has 0 radical (unpaired) electrons. The molecule has 2 aromatic rings. The molecular weight excluding hydrogens is 257 g/mol. The maximum Gasteiger partial charge on any atom is 0.338 e. The predicted molar refractivity (Wildman–Crippen MR) is 76.6 cm³/mol. The van der Waals surface area contributed by atoms with Gasteiger partial charge in [0.15, 0.2) is 0 Å². The van der Waals surface area contributed by atoms with Crippen molar-refractivity contribution >= 4 is 11.7 Å². The van der Waals surface area contributed by atoms with Gasteiger partial charge in [0.25, 0.3) is 0 Å². The summed E-state index contributed by atoms with van der Waals surface area (Å²) in [7, 11) is 1.92. The summed E-state index contributed by atoms with van der Waals surface area (Å²) in [6.45, 7) is 2.53. The molecule has 2 rings (SSSR count). The second-order valence-electron chi connectivity index (χ2n) is 4.76. The molecule has 0 bridgehead atoms. The monoisotopic (exact) mass is 273 g/mol. The molecule has 0 aliphatic carbocycles. The first kappa shape index (κ1) is 14.1. The van der Waals surface area contributed by atoms with E-state index in [1.165, 1.54) is 12.1 Å². The van der Waals surface area contributed by atoms with Crippen molar-refractivity contribution in [3.8, 4) is 0 Å². The second-order valence-corrected chi connectivity index (χ2v) is 4.76. The van der Waals surface area contributed by atoms with E-state index in [1.54, 1.807) is 6.07 Å². The fourth-order valence-electron chi connectivity index (χ4n) is 2.19. The molecule has 0 saturated carbocycles. The van der Waals surface area contributed by atoms with Crippen LogP contribution >= 0.6 is 0 Å². The van der Waals surface area contributed by atoms with Crippen LogP contribution in [0.15, 0.2) is 42.5 Å². The van der Waals surface area contributed by atoms with E-state index in [-0.39, 0.29) is 5.56 Å². The van der Waals surface area contributed by atoms with Crippen LogP contribution in [-0.4, -0.2) is 18.1 Å². The fourth-order valence-corrected chi connectivity index (χ4v) is 2.19. The van der Waals surface area contributed by atoms with Crippen molar-refractivity contribution in [1.82, 2.24) is 0 Å². The van der Waals surface area contributed by atoms with Gasteiger partial charge >= 0.3 is 5.97 Å². The highest BCUT2D eigenvalue weighted by Gasteiger charge is 2.12. The van der Waals surface area contributed by atoms with Gasteiger partial charge in [0.1, 0.15) is 5.82 Å². The molecule has 0 fully saturated rings. The fraction of sp³-hybridized carbons (Fsp3) is 0.188. The van der Waals surface area contributed by atoms with Gasteiger partial charge in [0.2, 0.25) is 0 Å². The van der Waals surface area contributed by atoms with Crippen LogP contribution in [-0.2, 0) is 6.54 Å². The molecule has 0 atom stereocenters. The summed E-state index contributed by atoms with van der Waals surface area (Å²) >= 11 is 0. The van der Waals surface area contributed by atoms with Crippen LogP contribution in [0.3, 0.4) is 0 Å². The van der Waals surface area contributed by atoms with E-state index < -0.39 is 11.8 Å². The molecule has 0 aromatic heterocycles. The first-order chi connectivity index (χ1) is 9.49. The molecule has 0 spiro atoms. The number of carboxylic acid groups (broad SMARTS) is 1. The van der Waals surface area contributed by atoms with Gasteiger partial charge in [-0.1, -0.05) is 24.3 Å². The maximum absolute atomic E-state index is 13.4. The highest BCUT2D eigenvalue weighted by Crippen LogP contribution is 2.20. The van der Waals surface area contributed by atoms with Gasteiger partial charge in [-0.05, 0) is 36.2 Å². The van der Waals surface area contributed by atoms with Gasteiger partial charge in [0.05, 0.1) is 5.56 Å². The molecule has 1 N–H and O–H groups in total. The van der Waals surface area contributed by atoms with Gasteiger partial charge in [-0.15, -0.1) is 0 Å². The van der Waals surface area contributed by atoms with E-state index in [4.69, 9.17) is 5.11 Å². The summed E-state index contributed by atoms with van der Waals surface area (Å²) < 4.78 is 13.4. The molecule has 0 amide bonds. The topological polar surface area (TPSA) is 40.5 Å². The Morgan fingerprint density at radius 1 is 1.25 bits per heavy atom. The van der Waals surface area contributed by atoms with Gasteiger partial charge in [-0.3, -0.25) is 0 Å². The van der Waals surface area contributed by atoms with E-state index >= 15 is 0 Å². The SMILES string of the molecule is Cc1ccccc1N(C)Cc1ccc(F)c(C(=O)O)c1. The average molecular weight is 273 g/mol. The molecule has 4 heteroatoms. The molecule has 104 valence electrons. The number of halogens is 1. The van der Waals surface area contributed by atoms with Crippen molar-refractivity contribution in [2.45, 2.75) is 13.5 Å². The summed E-state index contributed by atoms with van der Waals surface area (Å²) in [4.78, 5) is 12.9. The molecule has 3 nitrogen and oxygen atoms in total. The van der Waals surface area contributed by atoms with Gasteiger partial charge in [-0.25, -0.2) is 9.18 Å². The predicted octanol–water partition coefficient (Wildman–Crippen LogP) is 3.47. The van der Waals surface area contributed by atoms with E-state index in [2.05, 4.69) is 0 Å². The zero-order valence-corrected chi connectivity index (χ0v) is 11.4. The minimum atomic E-state index is -1.25. The van der Waals surface area contributed by atoms with E-state index in [9.17, 15) is 9.18 Å².